The first-order chi connectivity index (χ1) is 13.2. The molecule has 1 aromatic heterocycles. The molecule has 0 radical (unpaired) electrons. The van der Waals surface area contributed by atoms with E-state index in [-0.39, 0.29) is 11.1 Å². The standard InChI is InChI=1S/C17H10F3N3O5/c18-17(19,20)10-5-6-12(13(8-10)23(26)27)21-22-15(24)11-7-9-3-1-2-4-14(9)28-16(11)25/h1-8,21H,(H,22,24). The second-order valence-corrected chi connectivity index (χ2v) is 5.55. The first-order valence-electron chi connectivity index (χ1n) is 7.61. The summed E-state index contributed by atoms with van der Waals surface area (Å²) in [5, 5.41) is 11.5. The van der Waals surface area contributed by atoms with E-state index in [9.17, 15) is 32.9 Å². The van der Waals surface area contributed by atoms with Gasteiger partial charge in [-0.05, 0) is 24.3 Å². The topological polar surface area (TPSA) is 114 Å². The van der Waals surface area contributed by atoms with Gasteiger partial charge in [0.05, 0.1) is 10.5 Å². The van der Waals surface area contributed by atoms with Gasteiger partial charge in [-0.3, -0.25) is 25.8 Å². The van der Waals surface area contributed by atoms with Gasteiger partial charge in [-0.1, -0.05) is 18.2 Å². The van der Waals surface area contributed by atoms with E-state index in [1.54, 1.807) is 18.2 Å². The van der Waals surface area contributed by atoms with Crippen LogP contribution in [0.15, 0.2) is 57.7 Å². The number of hydrogen-bond acceptors (Lipinski definition) is 6. The minimum absolute atomic E-state index is 0.260. The van der Waals surface area contributed by atoms with E-state index < -0.39 is 39.6 Å². The van der Waals surface area contributed by atoms with Crippen molar-refractivity contribution in [2.24, 2.45) is 0 Å². The zero-order chi connectivity index (χ0) is 20.5. The van der Waals surface area contributed by atoms with Crippen LogP contribution < -0.4 is 16.5 Å². The normalized spacial score (nSPS) is 11.2. The molecule has 0 atom stereocenters. The van der Waals surface area contributed by atoms with E-state index in [4.69, 9.17) is 4.42 Å². The van der Waals surface area contributed by atoms with Crippen LogP contribution in [0.5, 0.6) is 0 Å². The molecule has 1 amide bonds. The van der Waals surface area contributed by atoms with Crippen LogP contribution in [-0.2, 0) is 6.18 Å². The van der Waals surface area contributed by atoms with Crippen molar-refractivity contribution in [3.63, 3.8) is 0 Å². The molecule has 0 bridgehead atoms. The maximum absolute atomic E-state index is 12.7. The average molecular weight is 393 g/mol. The summed E-state index contributed by atoms with van der Waals surface area (Å²) in [6.45, 7) is 0. The number of benzene rings is 2. The van der Waals surface area contributed by atoms with Crippen molar-refractivity contribution in [3.8, 4) is 0 Å². The number of fused-ring (bicyclic) bond motifs is 1. The third kappa shape index (κ3) is 3.77. The van der Waals surface area contributed by atoms with E-state index in [1.165, 1.54) is 12.1 Å². The lowest BCUT2D eigenvalue weighted by Gasteiger charge is -2.11. The van der Waals surface area contributed by atoms with Crippen LogP contribution in [0.25, 0.3) is 11.0 Å². The Kier molecular flexibility index (Phi) is 4.74. The number of amides is 1. The summed E-state index contributed by atoms with van der Waals surface area (Å²) in [4.78, 5) is 34.1. The minimum atomic E-state index is -4.77. The van der Waals surface area contributed by atoms with Crippen molar-refractivity contribution in [1.82, 2.24) is 5.43 Å². The number of nitro groups is 1. The van der Waals surface area contributed by atoms with Crippen molar-refractivity contribution in [2.75, 3.05) is 5.43 Å². The predicted octanol–water partition coefficient (Wildman–Crippen LogP) is 3.48. The Hall–Kier alpha value is -3.89. The van der Waals surface area contributed by atoms with E-state index in [1.807, 2.05) is 5.43 Å². The van der Waals surface area contributed by atoms with Crippen molar-refractivity contribution < 1.29 is 27.3 Å². The number of nitro benzene ring substituents is 1. The molecule has 0 spiro atoms. The molecule has 28 heavy (non-hydrogen) atoms. The van der Waals surface area contributed by atoms with Crippen molar-refractivity contribution in [1.29, 1.82) is 0 Å². The Morgan fingerprint density at radius 1 is 1.11 bits per heavy atom. The van der Waals surface area contributed by atoms with Gasteiger partial charge in [-0.2, -0.15) is 13.2 Å². The number of rotatable bonds is 4. The van der Waals surface area contributed by atoms with Crippen LogP contribution >= 0.6 is 0 Å². The molecule has 3 rings (SSSR count). The highest BCUT2D eigenvalue weighted by Crippen LogP contribution is 2.34. The van der Waals surface area contributed by atoms with Gasteiger partial charge in [0, 0.05) is 11.5 Å². The maximum atomic E-state index is 12.7. The SMILES string of the molecule is O=C(NNc1ccc(C(F)(F)F)cc1[N+](=O)[O-])c1cc2ccccc2oc1=O. The van der Waals surface area contributed by atoms with E-state index >= 15 is 0 Å². The summed E-state index contributed by atoms with van der Waals surface area (Å²) in [5.74, 6) is -0.978. The fourth-order valence-corrected chi connectivity index (χ4v) is 2.38. The summed E-state index contributed by atoms with van der Waals surface area (Å²) < 4.78 is 43.1. The molecule has 0 saturated carbocycles. The molecule has 0 saturated heterocycles. The monoisotopic (exact) mass is 393 g/mol. The van der Waals surface area contributed by atoms with Gasteiger partial charge in [-0.15, -0.1) is 0 Å². The molecule has 11 heteroatoms. The van der Waals surface area contributed by atoms with Crippen LogP contribution in [0.1, 0.15) is 15.9 Å². The first-order valence-corrected chi connectivity index (χ1v) is 7.61. The zero-order valence-corrected chi connectivity index (χ0v) is 13.7. The molecule has 144 valence electrons. The quantitative estimate of drug-likeness (QED) is 0.398. The molecule has 3 aromatic rings. The molecule has 0 aliphatic heterocycles. The van der Waals surface area contributed by atoms with Crippen LogP contribution in [0.3, 0.4) is 0 Å². The van der Waals surface area contributed by atoms with E-state index in [0.29, 0.717) is 17.5 Å². The summed E-state index contributed by atoms with van der Waals surface area (Å²) in [6.07, 6.45) is -4.77. The fraction of sp³-hybridized carbons (Fsp3) is 0.0588. The maximum Gasteiger partial charge on any atom is 0.416 e. The highest BCUT2D eigenvalue weighted by atomic mass is 19.4. The van der Waals surface area contributed by atoms with Gasteiger partial charge in [-0.25, -0.2) is 4.79 Å². The van der Waals surface area contributed by atoms with E-state index in [0.717, 1.165) is 6.07 Å². The number of hydrazine groups is 1. The second kappa shape index (κ2) is 7.02. The van der Waals surface area contributed by atoms with Gasteiger partial charge in [0.2, 0.25) is 0 Å². The Labute approximate surface area is 153 Å². The van der Waals surface area contributed by atoms with Crippen molar-refractivity contribution in [2.45, 2.75) is 6.18 Å². The molecule has 2 aromatic carbocycles. The summed E-state index contributed by atoms with van der Waals surface area (Å²) in [5.41, 5.74) is 0.614. The number of para-hydroxylation sites is 1. The average Bonchev–Trinajstić information content (AvgIpc) is 2.64. The number of carbonyl (C=O) groups is 1. The molecule has 0 aliphatic rings. The summed E-state index contributed by atoms with van der Waals surface area (Å²) in [7, 11) is 0. The first kappa shape index (κ1) is 18.9. The molecule has 8 nitrogen and oxygen atoms in total. The lowest BCUT2D eigenvalue weighted by molar-refractivity contribution is -0.384. The number of alkyl halides is 3. The zero-order valence-electron chi connectivity index (χ0n) is 13.7. The van der Waals surface area contributed by atoms with Crippen molar-refractivity contribution in [3.05, 3.63) is 80.2 Å². The number of nitrogens with one attached hydrogen (secondary N) is 2. The third-order valence-corrected chi connectivity index (χ3v) is 3.72. The Bertz CT molecular complexity index is 1140. The van der Waals surface area contributed by atoms with Crippen LogP contribution in [-0.4, -0.2) is 10.8 Å². The minimum Gasteiger partial charge on any atom is -0.422 e. The Balaban J connectivity index is 1.86. The van der Waals surface area contributed by atoms with Gasteiger partial charge in [0.15, 0.2) is 0 Å². The fourth-order valence-electron chi connectivity index (χ4n) is 2.38. The highest BCUT2D eigenvalue weighted by Gasteiger charge is 2.33. The molecular formula is C17H10F3N3O5. The van der Waals surface area contributed by atoms with Crippen LogP contribution in [0.4, 0.5) is 24.5 Å². The van der Waals surface area contributed by atoms with Crippen LogP contribution in [0, 0.1) is 10.1 Å². The number of nitrogens with zero attached hydrogens (tertiary/aromatic N) is 1. The van der Waals surface area contributed by atoms with Gasteiger partial charge >= 0.3 is 11.8 Å². The number of carbonyl (C=O) groups excluding carboxylic acids is 1. The Morgan fingerprint density at radius 2 is 1.82 bits per heavy atom. The number of halogens is 3. The van der Waals surface area contributed by atoms with Crippen LogP contribution in [0.2, 0.25) is 0 Å². The molecule has 0 unspecified atom stereocenters. The van der Waals surface area contributed by atoms with E-state index in [2.05, 4.69) is 5.43 Å². The molecule has 2 N–H and O–H groups in total. The lowest BCUT2D eigenvalue weighted by atomic mass is 10.1. The largest absolute Gasteiger partial charge is 0.422 e. The predicted molar refractivity (Wildman–Crippen MR) is 91.7 cm³/mol. The molecule has 0 aliphatic carbocycles. The number of hydrogen-bond donors (Lipinski definition) is 2. The summed E-state index contributed by atoms with van der Waals surface area (Å²) >= 11 is 0. The Morgan fingerprint density at radius 3 is 2.50 bits per heavy atom. The molecule has 1 heterocycles. The van der Waals surface area contributed by atoms with Gasteiger partial charge < -0.3 is 4.42 Å². The summed E-state index contributed by atoms with van der Waals surface area (Å²) in [6, 6.07) is 9.43. The second-order valence-electron chi connectivity index (χ2n) is 5.55. The van der Waals surface area contributed by atoms with Gasteiger partial charge in [0.1, 0.15) is 16.8 Å². The third-order valence-electron chi connectivity index (χ3n) is 3.72. The van der Waals surface area contributed by atoms with Crippen molar-refractivity contribution >= 4 is 28.3 Å². The lowest BCUT2D eigenvalue weighted by Crippen LogP contribution is -2.33. The molecular weight excluding hydrogens is 383 g/mol. The highest BCUT2D eigenvalue weighted by molar-refractivity contribution is 5.97. The molecule has 0 fully saturated rings. The smallest absolute Gasteiger partial charge is 0.416 e. The number of anilines is 1. The van der Waals surface area contributed by atoms with Gasteiger partial charge in [0.25, 0.3) is 11.6 Å².